The number of ether oxygens (including phenoxy) is 4. The van der Waals surface area contributed by atoms with Crippen molar-refractivity contribution in [3.8, 4) is 28.4 Å². The molecule has 1 atom stereocenters. The number of anilines is 1. The molecular weight excluding hydrogens is 396 g/mol. The van der Waals surface area contributed by atoms with Crippen LogP contribution in [0.25, 0.3) is 11.1 Å². The van der Waals surface area contributed by atoms with E-state index in [-0.39, 0.29) is 11.5 Å². The Morgan fingerprint density at radius 3 is 2.48 bits per heavy atom. The van der Waals surface area contributed by atoms with Crippen LogP contribution in [0.3, 0.4) is 0 Å². The summed E-state index contributed by atoms with van der Waals surface area (Å²) in [6.07, 6.45) is 2.57. The zero-order chi connectivity index (χ0) is 22.4. The first-order valence-electron chi connectivity index (χ1n) is 10.6. The number of benzene rings is 1. The van der Waals surface area contributed by atoms with E-state index in [0.29, 0.717) is 36.1 Å². The molecule has 3 N–H and O–H groups in total. The third-order valence-electron chi connectivity index (χ3n) is 5.83. The van der Waals surface area contributed by atoms with Gasteiger partial charge in [-0.05, 0) is 42.2 Å². The van der Waals surface area contributed by atoms with Gasteiger partial charge in [-0.3, -0.25) is 4.79 Å². The lowest BCUT2D eigenvalue weighted by atomic mass is 9.95. The second-order valence-corrected chi connectivity index (χ2v) is 7.56. The molecule has 2 aromatic rings. The van der Waals surface area contributed by atoms with Crippen LogP contribution in [0.1, 0.15) is 30.0 Å². The Bertz CT molecular complexity index is 977. The number of nitrogens with one attached hydrogen (secondary N) is 1. The number of nitrogens with two attached hydrogens (primary N) is 1. The van der Waals surface area contributed by atoms with Crippen LogP contribution < -0.4 is 30.3 Å². The highest BCUT2D eigenvalue weighted by atomic mass is 16.5. The molecule has 0 radical (unpaired) electrons. The van der Waals surface area contributed by atoms with Crippen molar-refractivity contribution in [2.75, 3.05) is 54.0 Å². The number of quaternary nitrogens is 1. The van der Waals surface area contributed by atoms with E-state index in [4.69, 9.17) is 18.9 Å². The van der Waals surface area contributed by atoms with Gasteiger partial charge in [0, 0.05) is 37.8 Å². The Morgan fingerprint density at radius 2 is 1.84 bits per heavy atom. The second kappa shape index (κ2) is 10.5. The predicted octanol–water partition coefficient (Wildman–Crippen LogP) is 2.37. The van der Waals surface area contributed by atoms with Crippen molar-refractivity contribution in [3.63, 3.8) is 0 Å². The van der Waals surface area contributed by atoms with E-state index in [0.717, 1.165) is 41.5 Å². The fourth-order valence-electron chi connectivity index (χ4n) is 4.27. The van der Waals surface area contributed by atoms with Crippen LogP contribution in [0.4, 0.5) is 5.69 Å². The molecule has 0 saturated carbocycles. The van der Waals surface area contributed by atoms with Crippen molar-refractivity contribution in [2.24, 2.45) is 0 Å². The highest BCUT2D eigenvalue weighted by Crippen LogP contribution is 2.49. The van der Waals surface area contributed by atoms with Crippen molar-refractivity contribution in [1.82, 2.24) is 0 Å². The van der Waals surface area contributed by atoms with Gasteiger partial charge in [0.1, 0.15) is 6.04 Å². The molecule has 0 unspecified atom stereocenters. The number of hydrogen-bond acceptors (Lipinski definition) is 6. The molecule has 1 aliphatic rings. The van der Waals surface area contributed by atoms with Gasteiger partial charge < -0.3 is 29.6 Å². The fraction of sp³-hybridized carbons (Fsp3) is 0.458. The van der Waals surface area contributed by atoms with Gasteiger partial charge in [-0.15, -0.1) is 0 Å². The molecular formula is C24H33N2O5+. The third-order valence-corrected chi connectivity index (χ3v) is 5.83. The summed E-state index contributed by atoms with van der Waals surface area (Å²) < 4.78 is 22.1. The third kappa shape index (κ3) is 4.62. The molecule has 0 fully saturated rings. The molecule has 0 saturated heterocycles. The smallest absolute Gasteiger partial charge is 0.203 e. The summed E-state index contributed by atoms with van der Waals surface area (Å²) in [7, 11) is 8.59. The van der Waals surface area contributed by atoms with E-state index in [1.54, 1.807) is 34.5 Å². The first kappa shape index (κ1) is 22.9. The number of aryl methyl sites for hydroxylation is 1. The summed E-state index contributed by atoms with van der Waals surface area (Å²) in [5.74, 6) is 1.83. The Labute approximate surface area is 183 Å². The van der Waals surface area contributed by atoms with Crippen molar-refractivity contribution in [3.05, 3.63) is 45.6 Å². The highest BCUT2D eigenvalue weighted by Gasteiger charge is 2.29. The van der Waals surface area contributed by atoms with Gasteiger partial charge in [-0.2, -0.15) is 0 Å². The van der Waals surface area contributed by atoms with Crippen LogP contribution >= 0.6 is 0 Å². The quantitative estimate of drug-likeness (QED) is 0.596. The topological polar surface area (TPSA) is 82.6 Å². The molecule has 0 bridgehead atoms. The maximum absolute atomic E-state index is 13.0. The monoisotopic (exact) mass is 429 g/mol. The van der Waals surface area contributed by atoms with Crippen molar-refractivity contribution in [1.29, 1.82) is 0 Å². The average Bonchev–Trinajstić information content (AvgIpc) is 3.03. The molecule has 0 aromatic heterocycles. The van der Waals surface area contributed by atoms with Gasteiger partial charge in [0.15, 0.2) is 11.5 Å². The predicted molar refractivity (Wildman–Crippen MR) is 122 cm³/mol. The van der Waals surface area contributed by atoms with Crippen molar-refractivity contribution < 1.29 is 24.3 Å². The summed E-state index contributed by atoms with van der Waals surface area (Å²) >= 11 is 0. The minimum Gasteiger partial charge on any atom is -0.493 e. The average molecular weight is 430 g/mol. The molecule has 2 aromatic carbocycles. The number of fused-ring (bicyclic) bond motifs is 3. The van der Waals surface area contributed by atoms with Crippen molar-refractivity contribution >= 4 is 5.69 Å². The van der Waals surface area contributed by atoms with Crippen LogP contribution in [0.15, 0.2) is 29.1 Å². The second-order valence-electron chi connectivity index (χ2n) is 7.56. The summed E-state index contributed by atoms with van der Waals surface area (Å²) in [4.78, 5) is 13.0. The molecule has 0 amide bonds. The number of methoxy groups -OCH3 is 4. The van der Waals surface area contributed by atoms with Gasteiger partial charge in [0.25, 0.3) is 0 Å². The molecule has 1 aliphatic carbocycles. The number of rotatable bonds is 9. The van der Waals surface area contributed by atoms with Crippen LogP contribution in [0.5, 0.6) is 17.2 Å². The fourth-order valence-corrected chi connectivity index (χ4v) is 4.27. The zero-order valence-corrected chi connectivity index (χ0v) is 19.0. The zero-order valence-electron chi connectivity index (χ0n) is 19.0. The molecule has 3 rings (SSSR count). The Morgan fingerprint density at radius 1 is 1.06 bits per heavy atom. The standard InChI is InChI=1S/C24H32N2O5/c1-25-18-9-7-15-13-21(29-3)23(30-4)24(31-5)22(15)16-8-10-19(20(27)14-17(16)18)26-11-6-12-28-2/h8,10,13-14,18,25H,6-7,9,11-12H2,1-5H3,(H,26,27)/p+1/t18-/m0/s1. The highest BCUT2D eigenvalue weighted by molar-refractivity contribution is 5.82. The summed E-state index contributed by atoms with van der Waals surface area (Å²) in [5.41, 5.74) is 4.62. The molecule has 31 heavy (non-hydrogen) atoms. The molecule has 7 nitrogen and oxygen atoms in total. The lowest BCUT2D eigenvalue weighted by Gasteiger charge is -2.19. The lowest BCUT2D eigenvalue weighted by Crippen LogP contribution is -2.81. The van der Waals surface area contributed by atoms with Crippen LogP contribution in [0, 0.1) is 0 Å². The molecule has 0 aliphatic heterocycles. The first-order chi connectivity index (χ1) is 15.1. The van der Waals surface area contributed by atoms with E-state index < -0.39 is 0 Å². The van der Waals surface area contributed by atoms with Gasteiger partial charge in [-0.1, -0.05) is 6.07 Å². The Kier molecular flexibility index (Phi) is 7.76. The lowest BCUT2D eigenvalue weighted by molar-refractivity contribution is -0.670. The van der Waals surface area contributed by atoms with E-state index >= 15 is 0 Å². The first-order valence-corrected chi connectivity index (χ1v) is 10.6. The summed E-state index contributed by atoms with van der Waals surface area (Å²) in [5, 5.41) is 5.42. The molecule has 7 heteroatoms. The van der Waals surface area contributed by atoms with Crippen LogP contribution in [-0.4, -0.2) is 48.6 Å². The van der Waals surface area contributed by atoms with E-state index in [1.165, 1.54) is 0 Å². The maximum Gasteiger partial charge on any atom is 0.203 e. The van der Waals surface area contributed by atoms with Gasteiger partial charge in [0.2, 0.25) is 11.2 Å². The number of hydrogen-bond donors (Lipinski definition) is 2. The molecule has 168 valence electrons. The van der Waals surface area contributed by atoms with Crippen molar-refractivity contribution in [2.45, 2.75) is 25.3 Å². The van der Waals surface area contributed by atoms with E-state index in [9.17, 15) is 4.79 Å². The van der Waals surface area contributed by atoms with Crippen LogP contribution in [-0.2, 0) is 11.2 Å². The normalized spacial score (nSPS) is 14.8. The maximum atomic E-state index is 13.0. The summed E-state index contributed by atoms with van der Waals surface area (Å²) in [6, 6.07) is 7.83. The van der Waals surface area contributed by atoms with E-state index in [1.807, 2.05) is 25.2 Å². The largest absolute Gasteiger partial charge is 0.493 e. The van der Waals surface area contributed by atoms with Gasteiger partial charge in [-0.25, -0.2) is 0 Å². The Balaban J connectivity index is 2.22. The van der Waals surface area contributed by atoms with Gasteiger partial charge >= 0.3 is 0 Å². The Hall–Kier alpha value is -2.77. The molecule has 0 heterocycles. The molecule has 0 spiro atoms. The summed E-state index contributed by atoms with van der Waals surface area (Å²) in [6.45, 7) is 1.32. The van der Waals surface area contributed by atoms with Crippen LogP contribution in [0.2, 0.25) is 0 Å². The van der Waals surface area contributed by atoms with E-state index in [2.05, 4.69) is 10.6 Å². The minimum atomic E-state index is -0.0200. The SMILES string of the molecule is C[NH2+][C@H]1CCc2cc(OC)c(OC)c(OC)c2-c2ccc(NCCCOC)c(=O)cc21. The minimum absolute atomic E-state index is 0.0200. The van der Waals surface area contributed by atoms with Gasteiger partial charge in [0.05, 0.1) is 34.1 Å².